The van der Waals surface area contributed by atoms with Crippen molar-refractivity contribution >= 4 is 40.5 Å². The lowest BCUT2D eigenvalue weighted by atomic mass is 9.85. The van der Waals surface area contributed by atoms with Gasteiger partial charge in [-0.05, 0) is 53.9 Å². The quantitative estimate of drug-likeness (QED) is 0.320. The molecule has 164 valence electrons. The van der Waals surface area contributed by atoms with Gasteiger partial charge in [0.25, 0.3) is 11.8 Å². The lowest BCUT2D eigenvalue weighted by Gasteiger charge is -2.18. The van der Waals surface area contributed by atoms with Gasteiger partial charge in [0.15, 0.2) is 0 Å². The fraction of sp³-hybridized carbons (Fsp3) is 0.296. The monoisotopic (exact) mass is 455 g/mol. The average Bonchev–Trinajstić information content (AvgIpc) is 3.27. The van der Waals surface area contributed by atoms with E-state index in [4.69, 9.17) is 11.6 Å². The second-order valence-corrected chi connectivity index (χ2v) is 10.2. The second kappa shape index (κ2) is 6.67. The summed E-state index contributed by atoms with van der Waals surface area (Å²) < 4.78 is 2.16. The molecule has 0 N–H and O–H groups in total. The highest BCUT2D eigenvalue weighted by Gasteiger charge is 2.73. The first-order valence-electron chi connectivity index (χ1n) is 11.5. The maximum absolute atomic E-state index is 13.2. The van der Waals surface area contributed by atoms with Crippen molar-refractivity contribution in [2.24, 2.45) is 34.2 Å². The summed E-state index contributed by atoms with van der Waals surface area (Å²) in [6, 6.07) is 15.9. The smallest absolute Gasteiger partial charge is 0.254 e. The number of carbonyl (C=O) groups excluding carboxylic acids is 2. The minimum atomic E-state index is -0.224. The zero-order valence-corrected chi connectivity index (χ0v) is 18.7. The molecule has 0 radical (unpaired) electrons. The third-order valence-corrected chi connectivity index (χ3v) is 8.48. The molecule has 3 fully saturated rings. The second-order valence-electron chi connectivity index (χ2n) is 9.81. The van der Waals surface area contributed by atoms with Gasteiger partial charge in [-0.25, -0.2) is 0 Å². The Hall–Kier alpha value is -3.18. The van der Waals surface area contributed by atoms with Crippen molar-refractivity contribution in [3.8, 4) is 0 Å². The Balaban J connectivity index is 1.20. The number of nitrogens with zero attached hydrogens (tertiary/aromatic N) is 3. The summed E-state index contributed by atoms with van der Waals surface area (Å²) in [7, 11) is 0. The highest BCUT2D eigenvalue weighted by molar-refractivity contribution is 6.30. The summed E-state index contributed by atoms with van der Waals surface area (Å²) in [5.74, 6) is -0.281. The van der Waals surface area contributed by atoms with Crippen LogP contribution in [0.3, 0.4) is 0 Å². The zero-order valence-electron chi connectivity index (χ0n) is 17.9. The third kappa shape index (κ3) is 2.63. The topological polar surface area (TPSA) is 54.7 Å². The molecule has 3 aliphatic carbocycles. The Kier molecular flexibility index (Phi) is 3.90. The summed E-state index contributed by atoms with van der Waals surface area (Å²) in [6.07, 6.45) is 10.3. The number of hydrogen-bond acceptors (Lipinski definition) is 3. The van der Waals surface area contributed by atoms with E-state index >= 15 is 0 Å². The number of carbonyl (C=O) groups is 2. The van der Waals surface area contributed by atoms with Crippen molar-refractivity contribution < 1.29 is 9.59 Å². The molecule has 1 aliphatic heterocycles. The Morgan fingerprint density at radius 1 is 0.970 bits per heavy atom. The molecule has 2 amide bonds. The van der Waals surface area contributed by atoms with Crippen LogP contribution in [0.2, 0.25) is 5.02 Å². The van der Waals surface area contributed by atoms with Crippen molar-refractivity contribution in [1.29, 1.82) is 0 Å². The van der Waals surface area contributed by atoms with E-state index in [0.29, 0.717) is 11.6 Å². The van der Waals surface area contributed by atoms with Gasteiger partial charge in [0, 0.05) is 34.2 Å². The first-order chi connectivity index (χ1) is 16.1. The summed E-state index contributed by atoms with van der Waals surface area (Å²) in [4.78, 5) is 26.4. The number of benzene rings is 2. The van der Waals surface area contributed by atoms with Crippen molar-refractivity contribution in [1.82, 2.24) is 9.58 Å². The number of halogens is 1. The predicted octanol–water partition coefficient (Wildman–Crippen LogP) is 4.87. The molecular formula is C27H22ClN3O2. The third-order valence-electron chi connectivity index (χ3n) is 8.23. The van der Waals surface area contributed by atoms with Gasteiger partial charge >= 0.3 is 0 Å². The van der Waals surface area contributed by atoms with Crippen molar-refractivity contribution in [2.75, 3.05) is 0 Å². The number of amides is 2. The van der Waals surface area contributed by atoms with Crippen molar-refractivity contribution in [3.05, 3.63) is 83.0 Å². The Labute approximate surface area is 196 Å². The van der Waals surface area contributed by atoms with Gasteiger partial charge in [0.05, 0.1) is 18.1 Å². The normalized spacial score (nSPS) is 28.7. The number of aromatic nitrogens is 1. The number of allylic oxidation sites excluding steroid dienone is 2. The van der Waals surface area contributed by atoms with E-state index in [1.807, 2.05) is 48.7 Å². The van der Waals surface area contributed by atoms with E-state index in [9.17, 15) is 9.59 Å². The first kappa shape index (κ1) is 19.3. The highest BCUT2D eigenvalue weighted by Crippen LogP contribution is 2.73. The van der Waals surface area contributed by atoms with Crippen LogP contribution in [0.25, 0.3) is 10.9 Å². The van der Waals surface area contributed by atoms with Crippen LogP contribution in [0.15, 0.2) is 72.0 Å². The van der Waals surface area contributed by atoms with E-state index in [-0.39, 0.29) is 40.9 Å². The van der Waals surface area contributed by atoms with E-state index in [0.717, 1.165) is 39.9 Å². The van der Waals surface area contributed by atoms with E-state index in [1.165, 1.54) is 0 Å². The number of hydrogen-bond donors (Lipinski definition) is 0. The fourth-order valence-electron chi connectivity index (χ4n) is 6.59. The molecule has 3 aromatic rings. The molecule has 33 heavy (non-hydrogen) atoms. The van der Waals surface area contributed by atoms with Crippen LogP contribution < -0.4 is 0 Å². The predicted molar refractivity (Wildman–Crippen MR) is 127 cm³/mol. The molecule has 7 rings (SSSR count). The Bertz CT molecular complexity index is 1350. The molecule has 0 unspecified atom stereocenters. The lowest BCUT2D eigenvalue weighted by Crippen LogP contribution is -2.30. The maximum atomic E-state index is 13.2. The Morgan fingerprint density at radius 3 is 2.30 bits per heavy atom. The maximum Gasteiger partial charge on any atom is 0.254 e. The molecule has 2 bridgehead atoms. The van der Waals surface area contributed by atoms with Gasteiger partial charge in [0.2, 0.25) is 0 Å². The van der Waals surface area contributed by atoms with Gasteiger partial charge in [-0.3, -0.25) is 9.59 Å². The number of para-hydroxylation sites is 1. The minimum Gasteiger partial charge on any atom is -0.342 e. The minimum absolute atomic E-state index is 0.130. The molecule has 1 aromatic heterocycles. The fourth-order valence-corrected chi connectivity index (χ4v) is 6.72. The van der Waals surface area contributed by atoms with Gasteiger partial charge < -0.3 is 4.57 Å². The summed E-state index contributed by atoms with van der Waals surface area (Å²) >= 11 is 6.03. The van der Waals surface area contributed by atoms with Crippen LogP contribution in [0.5, 0.6) is 0 Å². The standard InChI is InChI=1S/C27H22ClN3O2/c28-18-7-5-16(6-8-18)14-30-15-17(19-3-1-2-4-22(19)30)13-29-31-25(32)23-20-9-10-21(24(23)26(31)33)27(20)11-12-27/h1-10,13,15,20-21,23-24H,11-12,14H2/b29-13-/t20-,21-,23-,24+/m1/s1. The van der Waals surface area contributed by atoms with E-state index in [2.05, 4.69) is 27.9 Å². The molecule has 1 spiro atoms. The lowest BCUT2D eigenvalue weighted by molar-refractivity contribution is -0.141. The van der Waals surface area contributed by atoms with Crippen molar-refractivity contribution in [2.45, 2.75) is 19.4 Å². The molecule has 2 aromatic carbocycles. The molecule has 6 heteroatoms. The van der Waals surface area contributed by atoms with Gasteiger partial charge in [-0.2, -0.15) is 10.1 Å². The molecule has 5 nitrogen and oxygen atoms in total. The highest BCUT2D eigenvalue weighted by atomic mass is 35.5. The van der Waals surface area contributed by atoms with Gasteiger partial charge in [-0.15, -0.1) is 0 Å². The van der Waals surface area contributed by atoms with Crippen LogP contribution in [-0.2, 0) is 16.1 Å². The largest absolute Gasteiger partial charge is 0.342 e. The van der Waals surface area contributed by atoms with Gasteiger partial charge in [-0.1, -0.05) is 54.1 Å². The average molecular weight is 456 g/mol. The van der Waals surface area contributed by atoms with Crippen LogP contribution >= 0.6 is 11.6 Å². The van der Waals surface area contributed by atoms with Crippen LogP contribution in [0, 0.1) is 29.1 Å². The number of imide groups is 1. The van der Waals surface area contributed by atoms with E-state index in [1.54, 1.807) is 6.21 Å². The van der Waals surface area contributed by atoms with Gasteiger partial charge in [0.1, 0.15) is 0 Å². The molecule has 2 heterocycles. The van der Waals surface area contributed by atoms with Crippen LogP contribution in [0.4, 0.5) is 0 Å². The number of hydrazone groups is 1. The molecule has 4 aliphatic rings. The summed E-state index contributed by atoms with van der Waals surface area (Å²) in [5, 5.41) is 7.33. The molecule has 4 atom stereocenters. The van der Waals surface area contributed by atoms with Crippen LogP contribution in [-0.4, -0.2) is 27.6 Å². The SMILES string of the molecule is O=C1[C@@H]2[C@H](C(=O)N1/N=C\c1cn(Cc3ccc(Cl)cc3)c3ccccc13)[C@H]1C=C[C@H]2C12CC2. The summed E-state index contributed by atoms with van der Waals surface area (Å²) in [6.45, 7) is 0.689. The zero-order chi connectivity index (χ0) is 22.3. The number of rotatable bonds is 4. The summed E-state index contributed by atoms with van der Waals surface area (Å²) in [5.41, 5.74) is 3.30. The van der Waals surface area contributed by atoms with Crippen LogP contribution in [0.1, 0.15) is 24.0 Å². The molecule has 2 saturated carbocycles. The molecular weight excluding hydrogens is 434 g/mol. The Morgan fingerprint density at radius 2 is 1.64 bits per heavy atom. The van der Waals surface area contributed by atoms with Crippen molar-refractivity contribution in [3.63, 3.8) is 0 Å². The number of fused-ring (bicyclic) bond motifs is 4. The first-order valence-corrected chi connectivity index (χ1v) is 11.9. The molecule has 1 saturated heterocycles. The van der Waals surface area contributed by atoms with E-state index < -0.39 is 0 Å².